The summed E-state index contributed by atoms with van der Waals surface area (Å²) in [6.07, 6.45) is 0. The van der Waals surface area contributed by atoms with Crippen molar-refractivity contribution in [2.24, 2.45) is 5.73 Å². The van der Waals surface area contributed by atoms with E-state index < -0.39 is 0 Å². The van der Waals surface area contributed by atoms with E-state index in [9.17, 15) is 0 Å². The van der Waals surface area contributed by atoms with Crippen LogP contribution in [0.4, 0.5) is 0 Å². The Kier molecular flexibility index (Phi) is 3.39. The topological polar surface area (TPSA) is 62.8 Å². The molecule has 0 saturated heterocycles. The molecule has 0 aliphatic rings. The Bertz CT molecular complexity index is 769. The fraction of sp³-hybridized carbons (Fsp3) is 0. The van der Waals surface area contributed by atoms with Crippen molar-refractivity contribution in [3.05, 3.63) is 66.2 Å². The number of nitrogen functional groups attached to an aromatic ring is 1. The lowest BCUT2D eigenvalue weighted by Gasteiger charge is -2.08. The molecule has 3 aromatic rings. The van der Waals surface area contributed by atoms with Gasteiger partial charge in [-0.2, -0.15) is 0 Å². The number of para-hydroxylation sites is 1. The molecule has 4 heteroatoms. The van der Waals surface area contributed by atoms with E-state index in [1.54, 1.807) is 11.8 Å². The van der Waals surface area contributed by atoms with E-state index in [1.165, 1.54) is 0 Å². The first-order valence-electron chi connectivity index (χ1n) is 6.21. The Morgan fingerprint density at radius 2 is 1.70 bits per heavy atom. The third-order valence-electron chi connectivity index (χ3n) is 2.95. The molecule has 20 heavy (non-hydrogen) atoms. The van der Waals surface area contributed by atoms with Crippen LogP contribution in [0.3, 0.4) is 0 Å². The van der Waals surface area contributed by atoms with Crippen molar-refractivity contribution in [1.29, 1.82) is 5.41 Å². The van der Waals surface area contributed by atoms with Crippen molar-refractivity contribution in [2.45, 2.75) is 9.92 Å². The molecule has 98 valence electrons. The van der Waals surface area contributed by atoms with Crippen molar-refractivity contribution in [3.63, 3.8) is 0 Å². The van der Waals surface area contributed by atoms with Gasteiger partial charge in [-0.3, -0.25) is 5.41 Å². The van der Waals surface area contributed by atoms with Gasteiger partial charge in [-0.05, 0) is 24.3 Å². The number of aromatic nitrogens is 1. The molecule has 0 saturated carbocycles. The molecule has 0 aliphatic heterocycles. The Morgan fingerprint density at radius 1 is 1.00 bits per heavy atom. The van der Waals surface area contributed by atoms with Gasteiger partial charge in [-0.25, -0.2) is 4.98 Å². The van der Waals surface area contributed by atoms with Crippen molar-refractivity contribution in [1.82, 2.24) is 4.98 Å². The summed E-state index contributed by atoms with van der Waals surface area (Å²) < 4.78 is 0. The molecule has 0 amide bonds. The third-order valence-corrected chi connectivity index (χ3v) is 3.87. The van der Waals surface area contributed by atoms with E-state index in [0.29, 0.717) is 0 Å². The average molecular weight is 279 g/mol. The van der Waals surface area contributed by atoms with Crippen LogP contribution in [0.1, 0.15) is 5.56 Å². The predicted octanol–water partition coefficient (Wildman–Crippen LogP) is 3.67. The Hall–Kier alpha value is -2.33. The van der Waals surface area contributed by atoms with Gasteiger partial charge < -0.3 is 5.73 Å². The van der Waals surface area contributed by atoms with Crippen LogP contribution >= 0.6 is 11.8 Å². The number of nitrogens with one attached hydrogen (secondary N) is 1. The zero-order chi connectivity index (χ0) is 13.9. The number of fused-ring (bicyclic) bond motifs is 1. The van der Waals surface area contributed by atoms with Crippen molar-refractivity contribution >= 4 is 28.5 Å². The SMILES string of the molecule is N=C(N)c1cc(Sc2ccccc2)nc2ccccc12. The van der Waals surface area contributed by atoms with Crippen LogP contribution in [0.5, 0.6) is 0 Å². The summed E-state index contributed by atoms with van der Waals surface area (Å²) in [7, 11) is 0. The zero-order valence-corrected chi connectivity index (χ0v) is 11.5. The van der Waals surface area contributed by atoms with E-state index in [0.717, 1.165) is 26.4 Å². The maximum atomic E-state index is 7.73. The highest BCUT2D eigenvalue weighted by atomic mass is 32.2. The summed E-state index contributed by atoms with van der Waals surface area (Å²) in [6.45, 7) is 0. The number of rotatable bonds is 3. The van der Waals surface area contributed by atoms with Gasteiger partial charge in [0.2, 0.25) is 0 Å². The van der Waals surface area contributed by atoms with Crippen molar-refractivity contribution in [2.75, 3.05) is 0 Å². The van der Waals surface area contributed by atoms with Crippen LogP contribution in [0.25, 0.3) is 10.9 Å². The van der Waals surface area contributed by atoms with Gasteiger partial charge in [-0.15, -0.1) is 0 Å². The zero-order valence-electron chi connectivity index (χ0n) is 10.7. The summed E-state index contributed by atoms with van der Waals surface area (Å²) in [6, 6.07) is 19.7. The van der Waals surface area contributed by atoms with Crippen molar-refractivity contribution in [3.8, 4) is 0 Å². The molecule has 0 fully saturated rings. The number of hydrogen-bond donors (Lipinski definition) is 2. The standard InChI is InChI=1S/C16H13N3S/c17-16(18)13-10-15(20-11-6-2-1-3-7-11)19-14-9-5-4-8-12(13)14/h1-10H,(H3,17,18). The van der Waals surface area contributed by atoms with Gasteiger partial charge in [-0.1, -0.05) is 48.2 Å². The summed E-state index contributed by atoms with van der Waals surface area (Å²) in [5, 5.41) is 9.50. The molecule has 0 radical (unpaired) electrons. The Morgan fingerprint density at radius 3 is 2.45 bits per heavy atom. The minimum Gasteiger partial charge on any atom is -0.384 e. The minimum absolute atomic E-state index is 0.0681. The molecule has 1 aromatic heterocycles. The van der Waals surface area contributed by atoms with Crippen LogP contribution in [0.15, 0.2) is 70.6 Å². The van der Waals surface area contributed by atoms with E-state index in [4.69, 9.17) is 11.1 Å². The van der Waals surface area contributed by atoms with E-state index >= 15 is 0 Å². The molecule has 3 N–H and O–H groups in total. The highest BCUT2D eigenvalue weighted by Crippen LogP contribution is 2.29. The normalized spacial score (nSPS) is 10.6. The molecular weight excluding hydrogens is 266 g/mol. The predicted molar refractivity (Wildman–Crippen MR) is 83.3 cm³/mol. The van der Waals surface area contributed by atoms with Gasteiger partial charge in [0.1, 0.15) is 10.9 Å². The molecule has 0 atom stereocenters. The second-order valence-electron chi connectivity index (χ2n) is 4.35. The largest absolute Gasteiger partial charge is 0.384 e. The van der Waals surface area contributed by atoms with E-state index in [1.807, 2.05) is 60.7 Å². The Labute approximate surface area is 121 Å². The summed E-state index contributed by atoms with van der Waals surface area (Å²) in [5.41, 5.74) is 7.28. The second-order valence-corrected chi connectivity index (χ2v) is 5.45. The van der Waals surface area contributed by atoms with Gasteiger partial charge in [0.05, 0.1) is 5.52 Å². The number of benzene rings is 2. The fourth-order valence-electron chi connectivity index (χ4n) is 2.04. The van der Waals surface area contributed by atoms with E-state index in [-0.39, 0.29) is 5.84 Å². The highest BCUT2D eigenvalue weighted by molar-refractivity contribution is 7.99. The Balaban J connectivity index is 2.10. The first kappa shape index (κ1) is 12.7. The maximum absolute atomic E-state index is 7.73. The number of amidine groups is 1. The van der Waals surface area contributed by atoms with Crippen LogP contribution in [-0.2, 0) is 0 Å². The van der Waals surface area contributed by atoms with Crippen LogP contribution in [0.2, 0.25) is 0 Å². The summed E-state index contributed by atoms with van der Waals surface area (Å²) in [4.78, 5) is 5.74. The molecule has 3 nitrogen and oxygen atoms in total. The number of pyridine rings is 1. The molecule has 0 unspecified atom stereocenters. The number of nitrogens with two attached hydrogens (primary N) is 1. The fourth-order valence-corrected chi connectivity index (χ4v) is 2.89. The molecule has 3 rings (SSSR count). The van der Waals surface area contributed by atoms with Crippen LogP contribution < -0.4 is 5.73 Å². The van der Waals surface area contributed by atoms with Crippen molar-refractivity contribution < 1.29 is 0 Å². The van der Waals surface area contributed by atoms with Gasteiger partial charge in [0.15, 0.2) is 0 Å². The molecule has 0 spiro atoms. The molecule has 0 bridgehead atoms. The molecule has 0 aliphatic carbocycles. The third kappa shape index (κ3) is 2.51. The van der Waals surface area contributed by atoms with Gasteiger partial charge in [0.25, 0.3) is 0 Å². The average Bonchev–Trinajstić information content (AvgIpc) is 2.47. The lowest BCUT2D eigenvalue weighted by Crippen LogP contribution is -2.12. The minimum atomic E-state index is 0.0681. The summed E-state index contributed by atoms with van der Waals surface area (Å²) >= 11 is 1.57. The van der Waals surface area contributed by atoms with Gasteiger partial charge in [0, 0.05) is 15.8 Å². The summed E-state index contributed by atoms with van der Waals surface area (Å²) in [5.74, 6) is 0.0681. The first-order chi connectivity index (χ1) is 9.74. The number of nitrogens with zero attached hydrogens (tertiary/aromatic N) is 1. The monoisotopic (exact) mass is 279 g/mol. The lowest BCUT2D eigenvalue weighted by molar-refractivity contribution is 1.18. The first-order valence-corrected chi connectivity index (χ1v) is 7.03. The smallest absolute Gasteiger partial charge is 0.123 e. The second kappa shape index (κ2) is 5.35. The van der Waals surface area contributed by atoms with Crippen LogP contribution in [0, 0.1) is 5.41 Å². The number of hydrogen-bond acceptors (Lipinski definition) is 3. The van der Waals surface area contributed by atoms with Gasteiger partial charge >= 0.3 is 0 Å². The maximum Gasteiger partial charge on any atom is 0.123 e. The quantitative estimate of drug-likeness (QED) is 0.568. The van der Waals surface area contributed by atoms with Crippen LogP contribution in [-0.4, -0.2) is 10.8 Å². The van der Waals surface area contributed by atoms with E-state index in [2.05, 4.69) is 4.98 Å². The molecular formula is C16H13N3S. The highest BCUT2D eigenvalue weighted by Gasteiger charge is 2.08. The lowest BCUT2D eigenvalue weighted by atomic mass is 10.1. The molecule has 1 heterocycles. The molecule has 2 aromatic carbocycles.